The van der Waals surface area contributed by atoms with E-state index >= 15 is 0 Å². The van der Waals surface area contributed by atoms with Crippen LogP contribution in [0.15, 0.2) is 47.4 Å². The molecule has 1 aromatic heterocycles. The van der Waals surface area contributed by atoms with E-state index in [2.05, 4.69) is 10.6 Å². The molecule has 0 saturated carbocycles. The first-order chi connectivity index (χ1) is 10.9. The van der Waals surface area contributed by atoms with E-state index in [-0.39, 0.29) is 17.7 Å². The van der Waals surface area contributed by atoms with Gasteiger partial charge >= 0.3 is 6.03 Å². The van der Waals surface area contributed by atoms with Gasteiger partial charge in [-0.1, -0.05) is 12.1 Å². The van der Waals surface area contributed by atoms with E-state index in [4.69, 9.17) is 4.74 Å². The highest BCUT2D eigenvalue weighted by Gasteiger charge is 2.04. The highest BCUT2D eigenvalue weighted by Crippen LogP contribution is 2.14. The van der Waals surface area contributed by atoms with Gasteiger partial charge < -0.3 is 19.9 Å². The molecule has 0 spiro atoms. The molecular weight excluding hydrogens is 294 g/mol. The minimum absolute atomic E-state index is 0.103. The number of ether oxygens (including phenoxy) is 1. The summed E-state index contributed by atoms with van der Waals surface area (Å²) >= 11 is 0. The highest BCUT2D eigenvalue weighted by molar-refractivity contribution is 5.88. The van der Waals surface area contributed by atoms with Crippen molar-refractivity contribution in [3.63, 3.8) is 0 Å². The van der Waals surface area contributed by atoms with Crippen LogP contribution in [0.25, 0.3) is 0 Å². The molecule has 6 nitrogen and oxygen atoms in total. The first-order valence-corrected chi connectivity index (χ1v) is 7.41. The summed E-state index contributed by atoms with van der Waals surface area (Å²) in [7, 11) is 1.63. The molecule has 0 unspecified atom stereocenters. The third-order valence-electron chi connectivity index (χ3n) is 3.07. The summed E-state index contributed by atoms with van der Waals surface area (Å²) in [5.74, 6) is 0.776. The van der Waals surface area contributed by atoms with E-state index in [0.29, 0.717) is 12.2 Å². The molecule has 0 atom stereocenters. The molecule has 2 N–H and O–H groups in total. The van der Waals surface area contributed by atoms with Crippen molar-refractivity contribution < 1.29 is 9.53 Å². The fourth-order valence-corrected chi connectivity index (χ4v) is 2.03. The first-order valence-electron chi connectivity index (χ1n) is 7.41. The van der Waals surface area contributed by atoms with Gasteiger partial charge in [-0.3, -0.25) is 4.79 Å². The van der Waals surface area contributed by atoms with Crippen LogP contribution in [0.5, 0.6) is 5.75 Å². The fourth-order valence-electron chi connectivity index (χ4n) is 2.03. The van der Waals surface area contributed by atoms with E-state index in [1.54, 1.807) is 19.3 Å². The van der Waals surface area contributed by atoms with Gasteiger partial charge in [0.2, 0.25) is 5.56 Å². The topological polar surface area (TPSA) is 72.4 Å². The Morgan fingerprint density at radius 3 is 2.74 bits per heavy atom. The summed E-state index contributed by atoms with van der Waals surface area (Å²) in [4.78, 5) is 23.2. The molecule has 23 heavy (non-hydrogen) atoms. The van der Waals surface area contributed by atoms with Gasteiger partial charge in [0.15, 0.2) is 0 Å². The third kappa shape index (κ3) is 5.18. The Labute approximate surface area is 135 Å². The number of hydrogen-bond donors (Lipinski definition) is 2. The van der Waals surface area contributed by atoms with Gasteiger partial charge in [-0.05, 0) is 37.6 Å². The normalized spacial score (nSPS) is 10.4. The van der Waals surface area contributed by atoms with E-state index in [0.717, 1.165) is 11.3 Å². The Morgan fingerprint density at radius 2 is 2.04 bits per heavy atom. The third-order valence-corrected chi connectivity index (χ3v) is 3.07. The van der Waals surface area contributed by atoms with Gasteiger partial charge in [0, 0.05) is 25.9 Å². The molecule has 0 fully saturated rings. The Morgan fingerprint density at radius 1 is 1.26 bits per heavy atom. The highest BCUT2D eigenvalue weighted by atomic mass is 16.5. The lowest BCUT2D eigenvalue weighted by atomic mass is 10.2. The summed E-state index contributed by atoms with van der Waals surface area (Å²) in [6, 6.07) is 10.2. The van der Waals surface area contributed by atoms with E-state index in [9.17, 15) is 9.59 Å². The van der Waals surface area contributed by atoms with Crippen LogP contribution in [0.2, 0.25) is 0 Å². The van der Waals surface area contributed by atoms with Crippen molar-refractivity contribution in [1.82, 2.24) is 9.88 Å². The largest absolute Gasteiger partial charge is 0.491 e. The second kappa shape index (κ2) is 7.49. The lowest BCUT2D eigenvalue weighted by Crippen LogP contribution is -2.29. The zero-order valence-corrected chi connectivity index (χ0v) is 13.5. The fraction of sp³-hybridized carbons (Fsp3) is 0.294. The molecule has 6 heteroatoms. The molecule has 0 radical (unpaired) electrons. The summed E-state index contributed by atoms with van der Waals surface area (Å²) in [6.45, 7) is 4.31. The molecule has 0 aliphatic rings. The van der Waals surface area contributed by atoms with Crippen molar-refractivity contribution in [3.8, 4) is 5.75 Å². The van der Waals surface area contributed by atoms with Crippen LogP contribution >= 0.6 is 0 Å². The second-order valence-electron chi connectivity index (χ2n) is 5.49. The van der Waals surface area contributed by atoms with Crippen LogP contribution in [0.4, 0.5) is 10.5 Å². The number of nitrogens with one attached hydrogen (secondary N) is 2. The number of aromatic nitrogens is 1. The molecule has 0 saturated heterocycles. The number of urea groups is 1. The van der Waals surface area contributed by atoms with Crippen LogP contribution in [0.3, 0.4) is 0 Å². The van der Waals surface area contributed by atoms with Crippen molar-refractivity contribution in [1.29, 1.82) is 0 Å². The molecule has 1 heterocycles. The van der Waals surface area contributed by atoms with Crippen LogP contribution in [-0.2, 0) is 13.6 Å². The standard InChI is InChI=1S/C17H21N3O3/c1-12(2)23-15-6-4-5-13(9-15)10-18-17(22)19-14-7-8-16(21)20(3)11-14/h4-9,11-12H,10H2,1-3H3,(H2,18,19,22). The maximum absolute atomic E-state index is 11.9. The molecule has 1 aromatic carbocycles. The van der Waals surface area contributed by atoms with Crippen molar-refractivity contribution in [2.24, 2.45) is 7.05 Å². The number of carbonyl (C=O) groups is 1. The number of rotatable bonds is 5. The van der Waals surface area contributed by atoms with Crippen LogP contribution in [0, 0.1) is 0 Å². The Bertz CT molecular complexity index is 738. The monoisotopic (exact) mass is 315 g/mol. The SMILES string of the molecule is CC(C)Oc1cccc(CNC(=O)Nc2ccc(=O)n(C)c2)c1. The number of anilines is 1. The summed E-state index contributed by atoms with van der Waals surface area (Å²) in [6.07, 6.45) is 1.67. The number of carbonyl (C=O) groups excluding carboxylic acids is 1. The van der Waals surface area contributed by atoms with Crippen molar-refractivity contribution in [2.45, 2.75) is 26.5 Å². The average Bonchev–Trinajstić information content (AvgIpc) is 2.49. The van der Waals surface area contributed by atoms with Gasteiger partial charge in [-0.15, -0.1) is 0 Å². The van der Waals surface area contributed by atoms with E-state index in [1.807, 2.05) is 38.1 Å². The number of aryl methyl sites for hydroxylation is 1. The molecule has 2 aromatic rings. The van der Waals surface area contributed by atoms with Gasteiger partial charge in [0.05, 0.1) is 11.8 Å². The smallest absolute Gasteiger partial charge is 0.319 e. The number of amides is 2. The van der Waals surface area contributed by atoms with Crippen molar-refractivity contribution >= 4 is 11.7 Å². The van der Waals surface area contributed by atoms with Crippen LogP contribution < -0.4 is 20.9 Å². The summed E-state index contributed by atoms with van der Waals surface area (Å²) < 4.78 is 7.03. The number of pyridine rings is 1. The maximum Gasteiger partial charge on any atom is 0.319 e. The van der Waals surface area contributed by atoms with Gasteiger partial charge in [-0.2, -0.15) is 0 Å². The number of benzene rings is 1. The zero-order valence-electron chi connectivity index (χ0n) is 13.5. The van der Waals surface area contributed by atoms with Crippen LogP contribution in [-0.4, -0.2) is 16.7 Å². The number of hydrogen-bond acceptors (Lipinski definition) is 3. The van der Waals surface area contributed by atoms with Crippen molar-refractivity contribution in [2.75, 3.05) is 5.32 Å². The maximum atomic E-state index is 11.9. The molecule has 2 amide bonds. The minimum Gasteiger partial charge on any atom is -0.491 e. The summed E-state index contributed by atoms with van der Waals surface area (Å²) in [5, 5.41) is 5.46. The zero-order chi connectivity index (χ0) is 16.8. The summed E-state index contributed by atoms with van der Waals surface area (Å²) in [5.41, 5.74) is 1.37. The quantitative estimate of drug-likeness (QED) is 0.890. The van der Waals surface area contributed by atoms with Crippen LogP contribution in [0.1, 0.15) is 19.4 Å². The molecule has 0 aliphatic carbocycles. The van der Waals surface area contributed by atoms with E-state index in [1.165, 1.54) is 10.6 Å². The molecule has 2 rings (SSSR count). The molecule has 0 bridgehead atoms. The molecular formula is C17H21N3O3. The second-order valence-corrected chi connectivity index (χ2v) is 5.49. The number of nitrogens with zero attached hydrogens (tertiary/aromatic N) is 1. The van der Waals surface area contributed by atoms with Crippen molar-refractivity contribution in [3.05, 3.63) is 58.5 Å². The van der Waals surface area contributed by atoms with Gasteiger partial charge in [-0.25, -0.2) is 4.79 Å². The first kappa shape index (κ1) is 16.6. The van der Waals surface area contributed by atoms with Gasteiger partial charge in [0.1, 0.15) is 5.75 Å². The predicted octanol–water partition coefficient (Wildman–Crippen LogP) is 2.49. The van der Waals surface area contributed by atoms with Gasteiger partial charge in [0.25, 0.3) is 0 Å². The average molecular weight is 315 g/mol. The predicted molar refractivity (Wildman–Crippen MR) is 89.7 cm³/mol. The molecule has 0 aliphatic heterocycles. The molecule has 122 valence electrons. The van der Waals surface area contributed by atoms with E-state index < -0.39 is 0 Å². The Hall–Kier alpha value is -2.76. The minimum atomic E-state index is -0.334. The lowest BCUT2D eigenvalue weighted by Gasteiger charge is -2.12. The lowest BCUT2D eigenvalue weighted by molar-refractivity contribution is 0.242. The Kier molecular flexibility index (Phi) is 5.41. The Balaban J connectivity index is 1.91.